The van der Waals surface area contributed by atoms with E-state index in [4.69, 9.17) is 11.6 Å². The molecule has 0 aliphatic carbocycles. The van der Waals surface area contributed by atoms with Crippen LogP contribution in [0.1, 0.15) is 24.2 Å². The van der Waals surface area contributed by atoms with E-state index in [2.05, 4.69) is 15.4 Å². The third-order valence-corrected chi connectivity index (χ3v) is 3.90. The summed E-state index contributed by atoms with van der Waals surface area (Å²) in [5, 5.41) is 8.23. The van der Waals surface area contributed by atoms with Crippen LogP contribution in [0, 0.1) is 12.7 Å². The van der Waals surface area contributed by atoms with E-state index < -0.39 is 0 Å². The van der Waals surface area contributed by atoms with Gasteiger partial charge in [0.25, 0.3) is 0 Å². The average Bonchev–Trinajstić information content (AvgIpc) is 2.90. The van der Waals surface area contributed by atoms with Gasteiger partial charge in [-0.05, 0) is 50.2 Å². The van der Waals surface area contributed by atoms with Gasteiger partial charge >= 0.3 is 0 Å². The molecule has 1 N–H and O–H groups in total. The first-order valence-electron chi connectivity index (χ1n) is 7.23. The van der Waals surface area contributed by atoms with E-state index >= 15 is 0 Å². The smallest absolute Gasteiger partial charge is 0.131 e. The number of nitrogens with one attached hydrogen (secondary N) is 1. The van der Waals surface area contributed by atoms with Crippen molar-refractivity contribution in [3.05, 3.63) is 71.0 Å². The number of nitrogens with zero attached hydrogens (tertiary/aromatic N) is 3. The highest BCUT2D eigenvalue weighted by atomic mass is 35.5. The first kappa shape index (κ1) is 15.5. The Labute approximate surface area is 138 Å². The summed E-state index contributed by atoms with van der Waals surface area (Å²) in [5.41, 5.74) is 3.78. The van der Waals surface area contributed by atoms with Gasteiger partial charge in [-0.25, -0.2) is 14.1 Å². The van der Waals surface area contributed by atoms with E-state index in [-0.39, 0.29) is 11.9 Å². The SMILES string of the molecule is Cc1c(C(C)Nc2ccnc(Cl)c2)cnn1-c1ccc(F)cc1. The molecule has 118 valence electrons. The van der Waals surface area contributed by atoms with E-state index in [9.17, 15) is 4.39 Å². The maximum absolute atomic E-state index is 13.1. The fourth-order valence-electron chi connectivity index (χ4n) is 2.51. The summed E-state index contributed by atoms with van der Waals surface area (Å²) in [7, 11) is 0. The van der Waals surface area contributed by atoms with Gasteiger partial charge in [0.15, 0.2) is 0 Å². The number of anilines is 1. The van der Waals surface area contributed by atoms with Gasteiger partial charge in [-0.15, -0.1) is 0 Å². The Bertz CT molecular complexity index is 814. The largest absolute Gasteiger partial charge is 0.378 e. The summed E-state index contributed by atoms with van der Waals surface area (Å²) in [6.45, 7) is 4.04. The third kappa shape index (κ3) is 3.35. The number of benzene rings is 1. The van der Waals surface area contributed by atoms with Crippen molar-refractivity contribution < 1.29 is 4.39 Å². The second kappa shape index (κ2) is 6.38. The minimum atomic E-state index is -0.261. The summed E-state index contributed by atoms with van der Waals surface area (Å²) >= 11 is 5.90. The second-order valence-electron chi connectivity index (χ2n) is 5.31. The van der Waals surface area contributed by atoms with Crippen molar-refractivity contribution in [2.24, 2.45) is 0 Å². The second-order valence-corrected chi connectivity index (χ2v) is 5.69. The zero-order valence-electron chi connectivity index (χ0n) is 12.8. The molecule has 3 rings (SSSR count). The van der Waals surface area contributed by atoms with E-state index in [1.54, 1.807) is 29.1 Å². The standard InChI is InChI=1S/C17H16ClFN4/c1-11(22-14-7-8-20-17(18)9-14)16-10-21-23(12(16)2)15-5-3-13(19)4-6-15/h3-11H,1-2H3,(H,20,22). The lowest BCUT2D eigenvalue weighted by molar-refractivity contribution is 0.627. The molecule has 1 aromatic carbocycles. The maximum Gasteiger partial charge on any atom is 0.131 e. The molecule has 0 bridgehead atoms. The number of pyridine rings is 1. The van der Waals surface area contributed by atoms with Crippen LogP contribution in [0.2, 0.25) is 5.15 Å². The molecule has 0 aliphatic rings. The summed E-state index contributed by atoms with van der Waals surface area (Å²) in [6.07, 6.45) is 3.48. The van der Waals surface area contributed by atoms with Crippen molar-refractivity contribution in [1.82, 2.24) is 14.8 Å². The lowest BCUT2D eigenvalue weighted by Gasteiger charge is -2.15. The monoisotopic (exact) mass is 330 g/mol. The van der Waals surface area contributed by atoms with E-state index in [0.29, 0.717) is 5.15 Å². The number of hydrogen-bond donors (Lipinski definition) is 1. The number of halogens is 2. The zero-order chi connectivity index (χ0) is 16.4. The van der Waals surface area contributed by atoms with Crippen LogP contribution in [0.15, 0.2) is 48.8 Å². The molecule has 2 heterocycles. The molecule has 1 atom stereocenters. The first-order valence-corrected chi connectivity index (χ1v) is 7.61. The van der Waals surface area contributed by atoms with Crippen LogP contribution < -0.4 is 5.32 Å². The lowest BCUT2D eigenvalue weighted by atomic mass is 10.1. The molecule has 0 aliphatic heterocycles. The molecule has 23 heavy (non-hydrogen) atoms. The van der Waals surface area contributed by atoms with Gasteiger partial charge in [0, 0.05) is 23.1 Å². The van der Waals surface area contributed by atoms with Crippen molar-refractivity contribution in [1.29, 1.82) is 0 Å². The summed E-state index contributed by atoms with van der Waals surface area (Å²) in [5.74, 6) is -0.261. The predicted molar refractivity (Wildman–Crippen MR) is 89.5 cm³/mol. The van der Waals surface area contributed by atoms with Crippen LogP contribution in [0.3, 0.4) is 0 Å². The van der Waals surface area contributed by atoms with Gasteiger partial charge in [-0.3, -0.25) is 0 Å². The fraction of sp³-hybridized carbons (Fsp3) is 0.176. The maximum atomic E-state index is 13.1. The van der Waals surface area contributed by atoms with Crippen LogP contribution in [0.25, 0.3) is 5.69 Å². The summed E-state index contributed by atoms with van der Waals surface area (Å²) in [6, 6.07) is 9.95. The molecule has 1 unspecified atom stereocenters. The first-order chi connectivity index (χ1) is 11.0. The summed E-state index contributed by atoms with van der Waals surface area (Å²) < 4.78 is 14.9. The lowest BCUT2D eigenvalue weighted by Crippen LogP contribution is -2.08. The molecule has 0 saturated carbocycles. The van der Waals surface area contributed by atoms with Gasteiger partial charge in [0.2, 0.25) is 0 Å². The van der Waals surface area contributed by atoms with Gasteiger partial charge < -0.3 is 5.32 Å². The van der Waals surface area contributed by atoms with Gasteiger partial charge in [0.05, 0.1) is 17.9 Å². The topological polar surface area (TPSA) is 42.7 Å². The molecule has 0 amide bonds. The Balaban J connectivity index is 1.85. The highest BCUT2D eigenvalue weighted by Crippen LogP contribution is 2.24. The quantitative estimate of drug-likeness (QED) is 0.714. The Hall–Kier alpha value is -2.40. The minimum absolute atomic E-state index is 0.0441. The Kier molecular flexibility index (Phi) is 4.30. The van der Waals surface area contributed by atoms with E-state index in [1.807, 2.05) is 26.1 Å². The number of aromatic nitrogens is 3. The molecular weight excluding hydrogens is 315 g/mol. The molecule has 4 nitrogen and oxygen atoms in total. The van der Waals surface area contributed by atoms with Gasteiger partial charge in [0.1, 0.15) is 11.0 Å². The van der Waals surface area contributed by atoms with Crippen LogP contribution in [0.4, 0.5) is 10.1 Å². The average molecular weight is 331 g/mol. The van der Waals surface area contributed by atoms with Crippen molar-refractivity contribution in [3.8, 4) is 5.69 Å². The molecule has 0 fully saturated rings. The zero-order valence-corrected chi connectivity index (χ0v) is 13.5. The van der Waals surface area contributed by atoms with E-state index in [0.717, 1.165) is 22.6 Å². The van der Waals surface area contributed by atoms with Crippen LogP contribution in [-0.4, -0.2) is 14.8 Å². The number of rotatable bonds is 4. The molecule has 0 saturated heterocycles. The fourth-order valence-corrected chi connectivity index (χ4v) is 2.68. The Morgan fingerprint density at radius 2 is 1.96 bits per heavy atom. The van der Waals surface area contributed by atoms with Crippen LogP contribution in [0.5, 0.6) is 0 Å². The van der Waals surface area contributed by atoms with Crippen LogP contribution in [-0.2, 0) is 0 Å². The van der Waals surface area contributed by atoms with Crippen molar-refractivity contribution in [3.63, 3.8) is 0 Å². The van der Waals surface area contributed by atoms with Gasteiger partial charge in [-0.1, -0.05) is 11.6 Å². The van der Waals surface area contributed by atoms with Crippen molar-refractivity contribution in [2.45, 2.75) is 19.9 Å². The van der Waals surface area contributed by atoms with Crippen LogP contribution >= 0.6 is 11.6 Å². The molecule has 0 radical (unpaired) electrons. The Morgan fingerprint density at radius 1 is 1.22 bits per heavy atom. The number of hydrogen-bond acceptors (Lipinski definition) is 3. The molecule has 3 aromatic rings. The van der Waals surface area contributed by atoms with Gasteiger partial charge in [-0.2, -0.15) is 5.10 Å². The third-order valence-electron chi connectivity index (χ3n) is 3.70. The molecule has 2 aromatic heterocycles. The molecule has 0 spiro atoms. The summed E-state index contributed by atoms with van der Waals surface area (Å²) in [4.78, 5) is 3.97. The molecular formula is C17H16ClFN4. The molecule has 6 heteroatoms. The normalized spacial score (nSPS) is 12.2. The highest BCUT2D eigenvalue weighted by Gasteiger charge is 2.14. The van der Waals surface area contributed by atoms with E-state index in [1.165, 1.54) is 12.1 Å². The predicted octanol–water partition coefficient (Wildman–Crippen LogP) is 4.54. The Morgan fingerprint density at radius 3 is 2.65 bits per heavy atom. The van der Waals surface area contributed by atoms with Crippen molar-refractivity contribution in [2.75, 3.05) is 5.32 Å². The van der Waals surface area contributed by atoms with Crippen molar-refractivity contribution >= 4 is 17.3 Å². The highest BCUT2D eigenvalue weighted by molar-refractivity contribution is 6.29. The minimum Gasteiger partial charge on any atom is -0.378 e.